The molecule has 0 aromatic heterocycles. The Kier molecular flexibility index (Phi) is 3.89. The lowest BCUT2D eigenvalue weighted by Gasteiger charge is -2.30. The van der Waals surface area contributed by atoms with Gasteiger partial charge in [0.1, 0.15) is 6.07 Å². The number of hydrogen-bond acceptors (Lipinski definition) is 7. The van der Waals surface area contributed by atoms with E-state index in [1.807, 2.05) is 18.1 Å². The highest BCUT2D eigenvalue weighted by molar-refractivity contribution is 8.13. The molecule has 0 saturated carbocycles. The molecule has 1 unspecified atom stereocenters. The zero-order valence-corrected chi connectivity index (χ0v) is 11.3. The molecule has 0 spiro atoms. The third kappa shape index (κ3) is 1.98. The van der Waals surface area contributed by atoms with Gasteiger partial charge in [0.2, 0.25) is 5.88 Å². The van der Waals surface area contributed by atoms with E-state index in [9.17, 15) is 5.26 Å². The van der Waals surface area contributed by atoms with Crippen molar-refractivity contribution in [2.45, 2.75) is 13.2 Å². The Morgan fingerprint density at radius 2 is 2.39 bits per heavy atom. The summed E-state index contributed by atoms with van der Waals surface area (Å²) >= 11 is 1.47. The molecule has 0 bridgehead atoms. The number of amidine groups is 2. The summed E-state index contributed by atoms with van der Waals surface area (Å²) in [6.45, 7) is 3.03. The third-order valence-electron chi connectivity index (χ3n) is 2.60. The minimum atomic E-state index is -0.182. The molecular weight excluding hydrogens is 252 g/mol. The maximum atomic E-state index is 9.20. The summed E-state index contributed by atoms with van der Waals surface area (Å²) in [5.41, 5.74) is 0.359. The van der Waals surface area contributed by atoms with Gasteiger partial charge in [-0.25, -0.2) is 0 Å². The normalized spacial score (nSPS) is 22.3. The quantitative estimate of drug-likeness (QED) is 0.767. The fourth-order valence-corrected chi connectivity index (χ4v) is 2.45. The zero-order valence-electron chi connectivity index (χ0n) is 10.5. The van der Waals surface area contributed by atoms with Crippen molar-refractivity contribution in [2.24, 2.45) is 9.98 Å². The fourth-order valence-electron chi connectivity index (χ4n) is 1.87. The molecule has 2 rings (SSSR count). The van der Waals surface area contributed by atoms with E-state index >= 15 is 0 Å². The minimum absolute atomic E-state index is 0.182. The first kappa shape index (κ1) is 12.9. The highest BCUT2D eigenvalue weighted by Crippen LogP contribution is 2.28. The number of ether oxygens (including phenoxy) is 2. The summed E-state index contributed by atoms with van der Waals surface area (Å²) in [5, 5.41) is 9.94. The highest BCUT2D eigenvalue weighted by Gasteiger charge is 2.38. The van der Waals surface area contributed by atoms with Gasteiger partial charge in [0.25, 0.3) is 0 Å². The molecule has 0 fully saturated rings. The van der Waals surface area contributed by atoms with Crippen LogP contribution >= 0.6 is 11.8 Å². The van der Waals surface area contributed by atoms with Crippen molar-refractivity contribution in [3.05, 3.63) is 11.5 Å². The smallest absolute Gasteiger partial charge is 0.237 e. The van der Waals surface area contributed by atoms with Gasteiger partial charge in [0, 0.05) is 6.61 Å². The Morgan fingerprint density at radius 3 is 2.94 bits per heavy atom. The van der Waals surface area contributed by atoms with Gasteiger partial charge in [-0.2, -0.15) is 10.3 Å². The molecule has 6 nitrogen and oxygen atoms in total. The first-order chi connectivity index (χ1) is 8.76. The topological polar surface area (TPSA) is 70.2 Å². The number of nitrogens with zero attached hydrogens (tertiary/aromatic N) is 4. The highest BCUT2D eigenvalue weighted by atomic mass is 32.2. The number of hydrogen-bond donors (Lipinski definition) is 0. The van der Waals surface area contributed by atoms with E-state index in [0.717, 1.165) is 5.17 Å². The van der Waals surface area contributed by atoms with Gasteiger partial charge in [-0.05, 0) is 13.2 Å². The number of rotatable bonds is 3. The van der Waals surface area contributed by atoms with Crippen LogP contribution in [0.3, 0.4) is 0 Å². The van der Waals surface area contributed by atoms with Gasteiger partial charge in [0.15, 0.2) is 22.8 Å². The maximum absolute atomic E-state index is 9.20. The summed E-state index contributed by atoms with van der Waals surface area (Å²) in [5.74, 6) is 0.904. The van der Waals surface area contributed by atoms with E-state index in [-0.39, 0.29) is 6.23 Å². The lowest BCUT2D eigenvalue weighted by Crippen LogP contribution is -2.44. The first-order valence-corrected chi connectivity index (χ1v) is 6.76. The SMILES string of the molecule is CCOC1CN=C2C(C#N)=C(OC)N=C(SC)N21. The molecule has 1 atom stereocenters. The summed E-state index contributed by atoms with van der Waals surface area (Å²) < 4.78 is 10.7. The van der Waals surface area contributed by atoms with Gasteiger partial charge in [0.05, 0.1) is 13.7 Å². The third-order valence-corrected chi connectivity index (χ3v) is 3.25. The second kappa shape index (κ2) is 5.42. The molecular formula is C11H14N4O2S. The van der Waals surface area contributed by atoms with Crippen LogP contribution in [0.5, 0.6) is 0 Å². The average Bonchev–Trinajstić information content (AvgIpc) is 2.81. The van der Waals surface area contributed by atoms with Gasteiger partial charge in [-0.3, -0.25) is 9.89 Å². The average molecular weight is 266 g/mol. The number of methoxy groups -OCH3 is 1. The van der Waals surface area contributed by atoms with Crippen LogP contribution < -0.4 is 0 Å². The van der Waals surface area contributed by atoms with Crippen molar-refractivity contribution in [3.8, 4) is 6.07 Å². The van der Waals surface area contributed by atoms with Crippen LogP contribution in [-0.2, 0) is 9.47 Å². The van der Waals surface area contributed by atoms with Crippen molar-refractivity contribution in [1.29, 1.82) is 5.26 Å². The molecule has 7 heteroatoms. The zero-order chi connectivity index (χ0) is 13.1. The monoisotopic (exact) mass is 266 g/mol. The first-order valence-electron chi connectivity index (χ1n) is 5.53. The number of thioether (sulfide) groups is 1. The number of aliphatic imine (C=N–C) groups is 2. The molecule has 0 saturated heterocycles. The van der Waals surface area contributed by atoms with Crippen LogP contribution in [0.25, 0.3) is 0 Å². The summed E-state index contributed by atoms with van der Waals surface area (Å²) in [6.07, 6.45) is 1.74. The molecule has 2 aliphatic heterocycles. The van der Waals surface area contributed by atoms with Crippen molar-refractivity contribution in [2.75, 3.05) is 26.5 Å². The Bertz CT molecular complexity index is 478. The summed E-state index contributed by atoms with van der Waals surface area (Å²) in [4.78, 5) is 10.6. The summed E-state index contributed by atoms with van der Waals surface area (Å²) in [6, 6.07) is 2.09. The second-order valence-corrected chi connectivity index (χ2v) is 4.31. The standard InChI is InChI=1S/C11H14N4O2S/c1-4-17-8-6-13-9-7(5-12)10(16-2)14-11(18-3)15(8)9/h8H,4,6H2,1-3H3. The lowest BCUT2D eigenvalue weighted by atomic mass is 10.2. The predicted octanol–water partition coefficient (Wildman–Crippen LogP) is 1.18. The van der Waals surface area contributed by atoms with Crippen LogP contribution in [0.15, 0.2) is 21.4 Å². The molecule has 96 valence electrons. The molecule has 2 aliphatic rings. The van der Waals surface area contributed by atoms with Crippen LogP contribution in [0, 0.1) is 11.3 Å². The Morgan fingerprint density at radius 1 is 1.61 bits per heavy atom. The Labute approximate surface area is 110 Å². The van der Waals surface area contributed by atoms with Crippen LogP contribution in [0.1, 0.15) is 6.92 Å². The molecule has 0 aromatic carbocycles. The molecule has 0 aliphatic carbocycles. The van der Waals surface area contributed by atoms with E-state index < -0.39 is 0 Å². The molecule has 18 heavy (non-hydrogen) atoms. The van der Waals surface area contributed by atoms with Gasteiger partial charge < -0.3 is 9.47 Å². The van der Waals surface area contributed by atoms with Crippen molar-refractivity contribution >= 4 is 22.8 Å². The van der Waals surface area contributed by atoms with E-state index in [1.54, 1.807) is 0 Å². The fraction of sp³-hybridized carbons (Fsp3) is 0.545. The van der Waals surface area contributed by atoms with E-state index in [4.69, 9.17) is 9.47 Å². The number of nitriles is 1. The Balaban J connectivity index is 2.42. The molecule has 0 aromatic rings. The van der Waals surface area contributed by atoms with Gasteiger partial charge in [-0.15, -0.1) is 0 Å². The number of fused-ring (bicyclic) bond motifs is 1. The van der Waals surface area contributed by atoms with Crippen molar-refractivity contribution < 1.29 is 9.47 Å². The molecule has 0 N–H and O–H groups in total. The van der Waals surface area contributed by atoms with E-state index in [1.165, 1.54) is 18.9 Å². The van der Waals surface area contributed by atoms with Crippen LogP contribution in [-0.4, -0.2) is 48.6 Å². The lowest BCUT2D eigenvalue weighted by molar-refractivity contribution is 0.0241. The second-order valence-electron chi connectivity index (χ2n) is 3.54. The van der Waals surface area contributed by atoms with Crippen LogP contribution in [0.2, 0.25) is 0 Å². The molecule has 0 radical (unpaired) electrons. The maximum Gasteiger partial charge on any atom is 0.237 e. The van der Waals surface area contributed by atoms with Crippen molar-refractivity contribution in [1.82, 2.24) is 4.90 Å². The van der Waals surface area contributed by atoms with E-state index in [0.29, 0.717) is 30.4 Å². The van der Waals surface area contributed by atoms with E-state index in [2.05, 4.69) is 16.1 Å². The predicted molar refractivity (Wildman–Crippen MR) is 70.2 cm³/mol. The minimum Gasteiger partial charge on any atom is -0.480 e. The van der Waals surface area contributed by atoms with Crippen molar-refractivity contribution in [3.63, 3.8) is 0 Å². The molecule has 2 heterocycles. The van der Waals surface area contributed by atoms with Gasteiger partial charge in [-0.1, -0.05) is 11.8 Å². The molecule has 0 amide bonds. The largest absolute Gasteiger partial charge is 0.480 e. The van der Waals surface area contributed by atoms with Crippen LogP contribution in [0.4, 0.5) is 0 Å². The summed E-state index contributed by atoms with van der Waals surface area (Å²) in [7, 11) is 1.50. The Hall–Kier alpha value is -1.52. The van der Waals surface area contributed by atoms with Gasteiger partial charge >= 0.3 is 0 Å².